The summed E-state index contributed by atoms with van der Waals surface area (Å²) in [6, 6.07) is 9.86. The molecule has 1 aromatic heterocycles. The van der Waals surface area contributed by atoms with Crippen molar-refractivity contribution in [1.29, 1.82) is 0 Å². The first-order chi connectivity index (χ1) is 9.50. The normalized spacial score (nSPS) is 13.8. The van der Waals surface area contributed by atoms with Crippen LogP contribution in [0.3, 0.4) is 0 Å². The summed E-state index contributed by atoms with van der Waals surface area (Å²) >= 11 is 0. The molecule has 0 spiro atoms. The number of aromatic nitrogens is 1. The second-order valence-electron chi connectivity index (χ2n) is 5.21. The SMILES string of the molecule is Cc1cc2c(n1C)C(=O)Nc1ccccc1N2N(C)C. The Morgan fingerprint density at radius 1 is 1.15 bits per heavy atom. The van der Waals surface area contributed by atoms with Crippen LogP contribution in [-0.2, 0) is 7.05 Å². The van der Waals surface area contributed by atoms with E-state index >= 15 is 0 Å². The summed E-state index contributed by atoms with van der Waals surface area (Å²) in [5.74, 6) is -0.0765. The topological polar surface area (TPSA) is 40.5 Å². The van der Waals surface area contributed by atoms with Gasteiger partial charge in [0, 0.05) is 26.8 Å². The average molecular weight is 270 g/mol. The van der Waals surface area contributed by atoms with Gasteiger partial charge in [0.1, 0.15) is 5.69 Å². The molecule has 0 saturated carbocycles. The summed E-state index contributed by atoms with van der Waals surface area (Å²) in [5.41, 5.74) is 4.41. The quantitative estimate of drug-likeness (QED) is 0.865. The third-order valence-electron chi connectivity index (χ3n) is 3.68. The van der Waals surface area contributed by atoms with Gasteiger partial charge >= 0.3 is 0 Å². The highest BCUT2D eigenvalue weighted by Gasteiger charge is 2.29. The third-order valence-corrected chi connectivity index (χ3v) is 3.68. The van der Waals surface area contributed by atoms with Crippen LogP contribution in [0, 0.1) is 6.92 Å². The molecule has 2 heterocycles. The molecule has 0 aliphatic carbocycles. The molecule has 2 aromatic rings. The van der Waals surface area contributed by atoms with Crippen molar-refractivity contribution in [3.05, 3.63) is 41.7 Å². The first-order valence-corrected chi connectivity index (χ1v) is 6.54. The fourth-order valence-electron chi connectivity index (χ4n) is 2.65. The van der Waals surface area contributed by atoms with E-state index in [1.54, 1.807) is 0 Å². The lowest BCUT2D eigenvalue weighted by Crippen LogP contribution is -2.32. The molecule has 0 atom stereocenters. The molecule has 104 valence electrons. The molecule has 20 heavy (non-hydrogen) atoms. The average Bonchev–Trinajstić information content (AvgIpc) is 2.61. The number of para-hydroxylation sites is 2. The van der Waals surface area contributed by atoms with Crippen molar-refractivity contribution >= 4 is 23.0 Å². The van der Waals surface area contributed by atoms with Crippen molar-refractivity contribution in [1.82, 2.24) is 9.58 Å². The molecular formula is C15H18N4O. The summed E-state index contributed by atoms with van der Waals surface area (Å²) < 4.78 is 1.92. The maximum Gasteiger partial charge on any atom is 0.274 e. The molecular weight excluding hydrogens is 252 g/mol. The molecule has 0 fully saturated rings. The standard InChI is InChI=1S/C15H18N4O/c1-10-9-13-14(18(10)4)15(20)16-11-7-5-6-8-12(11)19(13)17(2)3/h5-9H,1-4H3,(H,16,20). The number of carbonyl (C=O) groups excluding carboxylic acids is 1. The number of fused-ring (bicyclic) bond motifs is 2. The van der Waals surface area contributed by atoms with E-state index in [9.17, 15) is 4.79 Å². The molecule has 0 unspecified atom stereocenters. The zero-order chi connectivity index (χ0) is 14.4. The van der Waals surface area contributed by atoms with E-state index in [2.05, 4.69) is 10.3 Å². The van der Waals surface area contributed by atoms with E-state index in [1.807, 2.05) is 68.0 Å². The number of carbonyl (C=O) groups is 1. The highest BCUT2D eigenvalue weighted by molar-refractivity contribution is 6.11. The van der Waals surface area contributed by atoms with E-state index in [4.69, 9.17) is 0 Å². The number of benzene rings is 1. The van der Waals surface area contributed by atoms with Gasteiger partial charge in [-0.05, 0) is 25.1 Å². The maximum absolute atomic E-state index is 12.5. The van der Waals surface area contributed by atoms with Gasteiger partial charge in [-0.25, -0.2) is 5.01 Å². The van der Waals surface area contributed by atoms with Crippen molar-refractivity contribution in [2.75, 3.05) is 24.4 Å². The van der Waals surface area contributed by atoms with Crippen LogP contribution < -0.4 is 10.3 Å². The van der Waals surface area contributed by atoms with Crippen molar-refractivity contribution in [3.63, 3.8) is 0 Å². The number of nitrogens with zero attached hydrogens (tertiary/aromatic N) is 3. The molecule has 1 aliphatic rings. The van der Waals surface area contributed by atoms with Gasteiger partial charge < -0.3 is 9.88 Å². The highest BCUT2D eigenvalue weighted by Crippen LogP contribution is 2.39. The minimum absolute atomic E-state index is 0.0765. The van der Waals surface area contributed by atoms with Crippen molar-refractivity contribution in [2.45, 2.75) is 6.92 Å². The molecule has 1 aromatic carbocycles. The van der Waals surface area contributed by atoms with Crippen molar-refractivity contribution < 1.29 is 4.79 Å². The number of nitrogens with one attached hydrogen (secondary N) is 1. The lowest BCUT2D eigenvalue weighted by atomic mass is 10.2. The molecule has 0 radical (unpaired) electrons. The van der Waals surface area contributed by atoms with Gasteiger partial charge in [-0.2, -0.15) is 0 Å². The van der Waals surface area contributed by atoms with Gasteiger partial charge in [0.2, 0.25) is 0 Å². The Kier molecular flexibility index (Phi) is 2.79. The Morgan fingerprint density at radius 2 is 1.85 bits per heavy atom. The molecule has 1 amide bonds. The Bertz CT molecular complexity index is 687. The number of aryl methyl sites for hydroxylation is 1. The molecule has 0 saturated heterocycles. The number of hydrogen-bond donors (Lipinski definition) is 1. The number of rotatable bonds is 1. The van der Waals surface area contributed by atoms with Crippen LogP contribution >= 0.6 is 0 Å². The monoisotopic (exact) mass is 270 g/mol. The second kappa shape index (κ2) is 4.38. The van der Waals surface area contributed by atoms with Gasteiger partial charge in [-0.1, -0.05) is 12.1 Å². The predicted molar refractivity (Wildman–Crippen MR) is 80.4 cm³/mol. The first-order valence-electron chi connectivity index (χ1n) is 6.54. The van der Waals surface area contributed by atoms with Crippen LogP contribution in [0.15, 0.2) is 30.3 Å². The molecule has 1 N–H and O–H groups in total. The van der Waals surface area contributed by atoms with E-state index in [-0.39, 0.29) is 5.91 Å². The second-order valence-corrected chi connectivity index (χ2v) is 5.21. The summed E-state index contributed by atoms with van der Waals surface area (Å²) in [7, 11) is 5.86. The van der Waals surface area contributed by atoms with Crippen LogP contribution in [0.1, 0.15) is 16.2 Å². The fourth-order valence-corrected chi connectivity index (χ4v) is 2.65. The van der Waals surface area contributed by atoms with Crippen LogP contribution in [0.2, 0.25) is 0 Å². The molecule has 5 heteroatoms. The largest absolute Gasteiger partial charge is 0.342 e. The van der Waals surface area contributed by atoms with E-state index < -0.39 is 0 Å². The molecule has 3 rings (SSSR count). The van der Waals surface area contributed by atoms with Crippen molar-refractivity contribution in [2.24, 2.45) is 7.05 Å². The van der Waals surface area contributed by atoms with E-state index in [0.29, 0.717) is 5.69 Å². The van der Waals surface area contributed by atoms with Crippen molar-refractivity contribution in [3.8, 4) is 0 Å². The minimum Gasteiger partial charge on any atom is -0.342 e. The maximum atomic E-state index is 12.5. The number of hydrogen-bond acceptors (Lipinski definition) is 3. The number of anilines is 3. The summed E-state index contributed by atoms with van der Waals surface area (Å²) in [4.78, 5) is 12.5. The predicted octanol–water partition coefficient (Wildman–Crippen LogP) is 2.51. The fraction of sp³-hybridized carbons (Fsp3) is 0.267. The Labute approximate surface area is 118 Å². The summed E-state index contributed by atoms with van der Waals surface area (Å²) in [6.45, 7) is 2.00. The molecule has 5 nitrogen and oxygen atoms in total. The smallest absolute Gasteiger partial charge is 0.274 e. The van der Waals surface area contributed by atoms with Crippen LogP contribution in [0.5, 0.6) is 0 Å². The van der Waals surface area contributed by atoms with Gasteiger partial charge in [-0.15, -0.1) is 0 Å². The van der Waals surface area contributed by atoms with Crippen LogP contribution in [-0.4, -0.2) is 29.6 Å². The third kappa shape index (κ3) is 1.71. The van der Waals surface area contributed by atoms with Gasteiger partial charge in [-0.3, -0.25) is 9.80 Å². The Morgan fingerprint density at radius 3 is 2.55 bits per heavy atom. The van der Waals surface area contributed by atoms with Gasteiger partial charge in [0.15, 0.2) is 0 Å². The lowest BCUT2D eigenvalue weighted by Gasteiger charge is -2.30. The molecule has 1 aliphatic heterocycles. The van der Waals surface area contributed by atoms with E-state index in [0.717, 1.165) is 22.8 Å². The zero-order valence-electron chi connectivity index (χ0n) is 12.1. The number of amides is 1. The zero-order valence-corrected chi connectivity index (χ0v) is 12.1. The Balaban J connectivity index is 2.31. The summed E-state index contributed by atoms with van der Waals surface area (Å²) in [5, 5.41) is 7.02. The summed E-state index contributed by atoms with van der Waals surface area (Å²) in [6.07, 6.45) is 0. The minimum atomic E-state index is -0.0765. The lowest BCUT2D eigenvalue weighted by molar-refractivity contribution is 0.102. The van der Waals surface area contributed by atoms with Gasteiger partial charge in [0.05, 0.1) is 17.1 Å². The van der Waals surface area contributed by atoms with Crippen LogP contribution in [0.4, 0.5) is 17.1 Å². The number of hydrazine groups is 1. The van der Waals surface area contributed by atoms with Crippen LogP contribution in [0.25, 0.3) is 0 Å². The first kappa shape index (κ1) is 12.7. The highest BCUT2D eigenvalue weighted by atomic mass is 16.2. The Hall–Kier alpha value is -2.27. The van der Waals surface area contributed by atoms with Gasteiger partial charge in [0.25, 0.3) is 5.91 Å². The molecule has 0 bridgehead atoms. The van der Waals surface area contributed by atoms with E-state index in [1.165, 1.54) is 0 Å².